The van der Waals surface area contributed by atoms with E-state index in [2.05, 4.69) is 4.72 Å². The van der Waals surface area contributed by atoms with Crippen molar-refractivity contribution in [3.05, 3.63) is 51.2 Å². The van der Waals surface area contributed by atoms with E-state index in [-0.39, 0.29) is 21.4 Å². The molecule has 0 atom stereocenters. The van der Waals surface area contributed by atoms with Crippen molar-refractivity contribution >= 4 is 38.9 Å². The highest BCUT2D eigenvalue weighted by molar-refractivity contribution is 7.89. The van der Waals surface area contributed by atoms with Crippen molar-refractivity contribution in [3.8, 4) is 0 Å². The molecule has 8 heteroatoms. The Balaban J connectivity index is 2.35. The third-order valence-electron chi connectivity index (χ3n) is 3.34. The van der Waals surface area contributed by atoms with Crippen LogP contribution in [0.4, 0.5) is 0 Å². The molecule has 2 aromatic rings. The summed E-state index contributed by atoms with van der Waals surface area (Å²) in [5, 5.41) is 2.18. The number of benzene rings is 1. The lowest BCUT2D eigenvalue weighted by Gasteiger charge is -2.21. The van der Waals surface area contributed by atoms with Crippen molar-refractivity contribution in [3.63, 3.8) is 0 Å². The third-order valence-corrected chi connectivity index (χ3v) is 5.95. The molecular formula is C15H17ClN2O3S2. The van der Waals surface area contributed by atoms with Crippen LogP contribution in [0.5, 0.6) is 0 Å². The number of thiophene rings is 1. The zero-order valence-corrected chi connectivity index (χ0v) is 15.1. The van der Waals surface area contributed by atoms with Gasteiger partial charge in [-0.05, 0) is 43.6 Å². The molecule has 2 rings (SSSR count). The van der Waals surface area contributed by atoms with Crippen LogP contribution in [-0.4, -0.2) is 32.8 Å². The van der Waals surface area contributed by atoms with E-state index >= 15 is 0 Å². The van der Waals surface area contributed by atoms with Gasteiger partial charge in [0.2, 0.25) is 10.0 Å². The number of nitrogens with one attached hydrogen (secondary N) is 1. The van der Waals surface area contributed by atoms with E-state index in [1.54, 1.807) is 16.2 Å². The highest BCUT2D eigenvalue weighted by Crippen LogP contribution is 2.23. The Morgan fingerprint density at radius 2 is 2.09 bits per heavy atom. The fourth-order valence-corrected chi connectivity index (χ4v) is 3.72. The topological polar surface area (TPSA) is 66.5 Å². The first kappa shape index (κ1) is 17.9. The smallest absolute Gasteiger partial charge is 0.255 e. The predicted molar refractivity (Wildman–Crippen MR) is 92.4 cm³/mol. The molecule has 0 saturated carbocycles. The van der Waals surface area contributed by atoms with Crippen molar-refractivity contribution in [1.29, 1.82) is 0 Å². The maximum Gasteiger partial charge on any atom is 0.255 e. The van der Waals surface area contributed by atoms with Crippen molar-refractivity contribution in [2.24, 2.45) is 0 Å². The summed E-state index contributed by atoms with van der Waals surface area (Å²) in [6.45, 7) is 2.83. The molecule has 0 spiro atoms. The summed E-state index contributed by atoms with van der Waals surface area (Å²) in [7, 11) is -2.31. The molecule has 0 bridgehead atoms. The second-order valence-corrected chi connectivity index (χ2v) is 8.07. The Kier molecular flexibility index (Phi) is 5.80. The summed E-state index contributed by atoms with van der Waals surface area (Å²) in [6, 6.07) is 7.99. The highest BCUT2D eigenvalue weighted by Gasteiger charge is 2.21. The van der Waals surface area contributed by atoms with Crippen LogP contribution in [0.25, 0.3) is 0 Å². The minimum Gasteiger partial charge on any atom is -0.334 e. The van der Waals surface area contributed by atoms with E-state index < -0.39 is 10.0 Å². The van der Waals surface area contributed by atoms with Gasteiger partial charge in [-0.15, -0.1) is 11.3 Å². The van der Waals surface area contributed by atoms with Crippen LogP contribution in [0.1, 0.15) is 22.2 Å². The maximum absolute atomic E-state index is 12.7. The lowest BCUT2D eigenvalue weighted by molar-refractivity contribution is 0.0754. The third kappa shape index (κ3) is 4.11. The zero-order chi connectivity index (χ0) is 17.0. The van der Waals surface area contributed by atoms with Gasteiger partial charge >= 0.3 is 0 Å². The molecule has 1 aromatic heterocycles. The molecule has 0 radical (unpaired) electrons. The van der Waals surface area contributed by atoms with Crippen LogP contribution in [0.3, 0.4) is 0 Å². The lowest BCUT2D eigenvalue weighted by atomic mass is 10.2. The fraction of sp³-hybridized carbons (Fsp3) is 0.267. The molecule has 0 aliphatic carbocycles. The normalized spacial score (nSPS) is 11.4. The molecule has 1 amide bonds. The van der Waals surface area contributed by atoms with Gasteiger partial charge in [-0.25, -0.2) is 13.1 Å². The predicted octanol–water partition coefficient (Wildman–Crippen LogP) is 2.97. The monoisotopic (exact) mass is 372 g/mol. The zero-order valence-electron chi connectivity index (χ0n) is 12.7. The van der Waals surface area contributed by atoms with E-state index in [9.17, 15) is 13.2 Å². The van der Waals surface area contributed by atoms with Gasteiger partial charge in [0.25, 0.3) is 5.91 Å². The molecule has 23 heavy (non-hydrogen) atoms. The fourth-order valence-electron chi connectivity index (χ4n) is 2.04. The quantitative estimate of drug-likeness (QED) is 0.847. The Morgan fingerprint density at radius 1 is 1.35 bits per heavy atom. The van der Waals surface area contributed by atoms with Gasteiger partial charge in [0.05, 0.1) is 22.0 Å². The van der Waals surface area contributed by atoms with Gasteiger partial charge in [0, 0.05) is 11.4 Å². The average molecular weight is 373 g/mol. The first-order valence-electron chi connectivity index (χ1n) is 6.93. The van der Waals surface area contributed by atoms with E-state index in [1.165, 1.54) is 25.2 Å². The Morgan fingerprint density at radius 3 is 2.65 bits per heavy atom. The standard InChI is InChI=1S/C15H17ClN2O3S2/c1-3-18(10-11-5-4-8-22-11)15(19)13-9-12(6-7-14(13)16)23(20,21)17-2/h4-9,17H,3,10H2,1-2H3. The number of carbonyl (C=O) groups is 1. The number of sulfonamides is 1. The summed E-state index contributed by atoms with van der Waals surface area (Å²) < 4.78 is 26.0. The van der Waals surface area contributed by atoms with Crippen molar-refractivity contribution in [2.75, 3.05) is 13.6 Å². The summed E-state index contributed by atoms with van der Waals surface area (Å²) in [6.07, 6.45) is 0. The number of carbonyl (C=O) groups excluding carboxylic acids is 1. The largest absolute Gasteiger partial charge is 0.334 e. The number of nitrogens with zero attached hydrogens (tertiary/aromatic N) is 1. The number of halogens is 1. The number of hydrogen-bond donors (Lipinski definition) is 1. The number of rotatable bonds is 6. The second kappa shape index (κ2) is 7.44. The molecule has 1 aromatic carbocycles. The van der Waals surface area contributed by atoms with Gasteiger partial charge in [-0.2, -0.15) is 0 Å². The number of hydrogen-bond acceptors (Lipinski definition) is 4. The van der Waals surface area contributed by atoms with Crippen LogP contribution in [-0.2, 0) is 16.6 Å². The van der Waals surface area contributed by atoms with Crippen LogP contribution in [0.2, 0.25) is 5.02 Å². The summed E-state index contributed by atoms with van der Waals surface area (Å²) in [4.78, 5) is 15.4. The molecule has 1 N–H and O–H groups in total. The van der Waals surface area contributed by atoms with Crippen LogP contribution < -0.4 is 4.72 Å². The summed E-state index contributed by atoms with van der Waals surface area (Å²) in [5.74, 6) is -0.293. The molecule has 0 aliphatic heterocycles. The van der Waals surface area contributed by atoms with Crippen molar-refractivity contribution in [1.82, 2.24) is 9.62 Å². The molecule has 124 valence electrons. The Bertz CT molecular complexity index is 789. The van der Waals surface area contributed by atoms with Gasteiger partial charge in [0.1, 0.15) is 0 Å². The SMILES string of the molecule is CCN(Cc1cccs1)C(=O)c1cc(S(=O)(=O)NC)ccc1Cl. The Hall–Kier alpha value is -1.41. The van der Waals surface area contributed by atoms with E-state index in [0.29, 0.717) is 13.1 Å². The van der Waals surface area contributed by atoms with Gasteiger partial charge in [0.15, 0.2) is 0 Å². The molecular weight excluding hydrogens is 356 g/mol. The van der Waals surface area contributed by atoms with Gasteiger partial charge in [-0.1, -0.05) is 17.7 Å². The van der Waals surface area contributed by atoms with Gasteiger partial charge in [-0.3, -0.25) is 4.79 Å². The summed E-state index contributed by atoms with van der Waals surface area (Å²) in [5.41, 5.74) is 0.182. The Labute approximate surface area is 144 Å². The second-order valence-electron chi connectivity index (χ2n) is 4.75. The first-order valence-corrected chi connectivity index (χ1v) is 9.68. The van der Waals surface area contributed by atoms with E-state index in [1.807, 2.05) is 24.4 Å². The van der Waals surface area contributed by atoms with Gasteiger partial charge < -0.3 is 4.90 Å². The minimum atomic E-state index is -3.63. The lowest BCUT2D eigenvalue weighted by Crippen LogP contribution is -2.30. The maximum atomic E-state index is 12.7. The molecule has 0 unspecified atom stereocenters. The first-order chi connectivity index (χ1) is 10.9. The van der Waals surface area contributed by atoms with Crippen LogP contribution in [0.15, 0.2) is 40.6 Å². The average Bonchev–Trinajstić information content (AvgIpc) is 3.05. The summed E-state index contributed by atoms with van der Waals surface area (Å²) >= 11 is 7.67. The molecule has 1 heterocycles. The highest BCUT2D eigenvalue weighted by atomic mass is 35.5. The van der Waals surface area contributed by atoms with Crippen molar-refractivity contribution < 1.29 is 13.2 Å². The van der Waals surface area contributed by atoms with E-state index in [4.69, 9.17) is 11.6 Å². The molecule has 0 fully saturated rings. The van der Waals surface area contributed by atoms with Crippen LogP contribution in [0, 0.1) is 0 Å². The molecule has 0 saturated heterocycles. The van der Waals surface area contributed by atoms with E-state index in [0.717, 1.165) is 4.88 Å². The minimum absolute atomic E-state index is 0.0138. The molecule has 5 nitrogen and oxygen atoms in total. The van der Waals surface area contributed by atoms with Crippen molar-refractivity contribution in [2.45, 2.75) is 18.4 Å². The van der Waals surface area contributed by atoms with Crippen LogP contribution >= 0.6 is 22.9 Å². The molecule has 0 aliphatic rings. The number of amides is 1.